The summed E-state index contributed by atoms with van der Waals surface area (Å²) < 4.78 is 6.15. The summed E-state index contributed by atoms with van der Waals surface area (Å²) >= 11 is 0. The lowest BCUT2D eigenvalue weighted by Gasteiger charge is -2.46. The zero-order chi connectivity index (χ0) is 20.0. The molecule has 1 aliphatic heterocycles. The van der Waals surface area contributed by atoms with E-state index in [0.717, 1.165) is 23.4 Å². The fraction of sp³-hybridized carbons (Fsp3) is 0.375. The summed E-state index contributed by atoms with van der Waals surface area (Å²) in [5, 5.41) is 3.58. The van der Waals surface area contributed by atoms with Crippen molar-refractivity contribution >= 4 is 11.6 Å². The minimum atomic E-state index is -0.723. The van der Waals surface area contributed by atoms with Gasteiger partial charge in [0.2, 0.25) is 0 Å². The second kappa shape index (κ2) is 8.96. The molecule has 0 fully saturated rings. The average molecular weight is 379 g/mol. The molecule has 0 saturated heterocycles. The van der Waals surface area contributed by atoms with Crippen molar-refractivity contribution < 1.29 is 9.53 Å². The average Bonchev–Trinajstić information content (AvgIpc) is 2.71. The Kier molecular flexibility index (Phi) is 6.40. The second-order valence-corrected chi connectivity index (χ2v) is 7.35. The highest BCUT2D eigenvalue weighted by atomic mass is 16.5. The van der Waals surface area contributed by atoms with Crippen LogP contribution in [0.2, 0.25) is 0 Å². The molecule has 0 aromatic heterocycles. The van der Waals surface area contributed by atoms with E-state index in [-0.39, 0.29) is 5.91 Å². The predicted octanol–water partition coefficient (Wildman–Crippen LogP) is 5.57. The summed E-state index contributed by atoms with van der Waals surface area (Å²) in [7, 11) is 0. The molecule has 2 aromatic carbocycles. The number of carbonyl (C=O) groups is 1. The maximum Gasteiger partial charge on any atom is 0.258 e. The zero-order valence-corrected chi connectivity index (χ0v) is 16.9. The number of unbranched alkanes of at least 4 members (excludes halogenated alkanes) is 3. The minimum absolute atomic E-state index is 0.00509. The standard InChI is InChI=1S/C24H30N2O2/c1-4-6-7-12-18-28-22-16-11-9-14-20(22)24(3)25-21-15-10-8-13-19(21)23(27)26(24)17-5-2/h5,8-11,13-16,25H,2,4,6-7,12,17-18H2,1,3H3. The van der Waals surface area contributed by atoms with Gasteiger partial charge in [0.25, 0.3) is 5.91 Å². The molecule has 1 atom stereocenters. The molecule has 1 heterocycles. The van der Waals surface area contributed by atoms with Gasteiger partial charge < -0.3 is 15.0 Å². The Morgan fingerprint density at radius 1 is 1.11 bits per heavy atom. The third-order valence-electron chi connectivity index (χ3n) is 5.30. The van der Waals surface area contributed by atoms with E-state index in [2.05, 4.69) is 18.8 Å². The maximum absolute atomic E-state index is 13.2. The molecule has 1 aliphatic rings. The normalized spacial score (nSPS) is 18.4. The molecule has 0 saturated carbocycles. The predicted molar refractivity (Wildman–Crippen MR) is 115 cm³/mol. The zero-order valence-electron chi connectivity index (χ0n) is 16.9. The van der Waals surface area contributed by atoms with Gasteiger partial charge in [-0.25, -0.2) is 0 Å². The smallest absolute Gasteiger partial charge is 0.258 e. The van der Waals surface area contributed by atoms with Crippen molar-refractivity contribution in [2.75, 3.05) is 18.5 Å². The van der Waals surface area contributed by atoms with E-state index in [9.17, 15) is 4.79 Å². The molecule has 1 N–H and O–H groups in total. The monoisotopic (exact) mass is 378 g/mol. The number of nitrogens with zero attached hydrogens (tertiary/aromatic N) is 1. The molecule has 0 radical (unpaired) electrons. The van der Waals surface area contributed by atoms with E-state index in [1.165, 1.54) is 19.3 Å². The topological polar surface area (TPSA) is 41.6 Å². The summed E-state index contributed by atoms with van der Waals surface area (Å²) in [6, 6.07) is 15.6. The lowest BCUT2D eigenvalue weighted by molar-refractivity contribution is 0.0566. The number of nitrogens with one attached hydrogen (secondary N) is 1. The van der Waals surface area contributed by atoms with Crippen LogP contribution in [0.5, 0.6) is 5.75 Å². The quantitative estimate of drug-likeness (QED) is 0.458. The van der Waals surface area contributed by atoms with Crippen LogP contribution in [0.25, 0.3) is 0 Å². The molecule has 2 aromatic rings. The highest BCUT2D eigenvalue weighted by Gasteiger charge is 2.43. The first-order valence-corrected chi connectivity index (χ1v) is 10.1. The second-order valence-electron chi connectivity index (χ2n) is 7.35. The molecular formula is C24H30N2O2. The van der Waals surface area contributed by atoms with Crippen LogP contribution in [0.15, 0.2) is 61.2 Å². The lowest BCUT2D eigenvalue weighted by atomic mass is 9.92. The fourth-order valence-electron chi connectivity index (χ4n) is 3.77. The van der Waals surface area contributed by atoms with Crippen LogP contribution in [-0.2, 0) is 5.66 Å². The molecule has 1 amide bonds. The van der Waals surface area contributed by atoms with Crippen LogP contribution in [0.4, 0.5) is 5.69 Å². The number of ether oxygens (including phenoxy) is 1. The van der Waals surface area contributed by atoms with Crippen LogP contribution < -0.4 is 10.1 Å². The van der Waals surface area contributed by atoms with Crippen LogP contribution in [0.3, 0.4) is 0 Å². The lowest BCUT2D eigenvalue weighted by Crippen LogP contribution is -2.56. The molecule has 28 heavy (non-hydrogen) atoms. The van der Waals surface area contributed by atoms with Gasteiger partial charge in [0.15, 0.2) is 0 Å². The Morgan fingerprint density at radius 2 is 1.86 bits per heavy atom. The highest BCUT2D eigenvalue weighted by Crippen LogP contribution is 2.41. The van der Waals surface area contributed by atoms with Crippen molar-refractivity contribution in [1.82, 2.24) is 4.90 Å². The van der Waals surface area contributed by atoms with Crippen molar-refractivity contribution in [1.29, 1.82) is 0 Å². The molecule has 0 aliphatic carbocycles. The first kappa shape index (κ1) is 20.0. The van der Waals surface area contributed by atoms with E-state index >= 15 is 0 Å². The number of anilines is 1. The number of carbonyl (C=O) groups excluding carboxylic acids is 1. The number of benzene rings is 2. The largest absolute Gasteiger partial charge is 0.493 e. The van der Waals surface area contributed by atoms with Crippen molar-refractivity contribution in [3.05, 3.63) is 72.3 Å². The first-order chi connectivity index (χ1) is 13.6. The number of rotatable bonds is 9. The van der Waals surface area contributed by atoms with Gasteiger partial charge in [0.05, 0.1) is 12.2 Å². The van der Waals surface area contributed by atoms with E-state index in [4.69, 9.17) is 4.74 Å². The third-order valence-corrected chi connectivity index (χ3v) is 5.30. The summed E-state index contributed by atoms with van der Waals surface area (Å²) in [5.74, 6) is 0.810. The van der Waals surface area contributed by atoms with E-state index < -0.39 is 5.66 Å². The van der Waals surface area contributed by atoms with Crippen LogP contribution >= 0.6 is 0 Å². The van der Waals surface area contributed by atoms with Crippen LogP contribution in [0, 0.1) is 0 Å². The van der Waals surface area contributed by atoms with Gasteiger partial charge in [-0.05, 0) is 31.5 Å². The molecule has 148 valence electrons. The summed E-state index contributed by atoms with van der Waals surface area (Å²) in [6.07, 6.45) is 6.40. The Labute approximate surface area is 168 Å². The summed E-state index contributed by atoms with van der Waals surface area (Å²) in [6.45, 7) is 9.21. The van der Waals surface area contributed by atoms with Gasteiger partial charge in [-0.1, -0.05) is 62.6 Å². The highest BCUT2D eigenvalue weighted by molar-refractivity contribution is 6.02. The van der Waals surface area contributed by atoms with Gasteiger partial charge >= 0.3 is 0 Å². The van der Waals surface area contributed by atoms with Crippen molar-refractivity contribution in [2.24, 2.45) is 0 Å². The first-order valence-electron chi connectivity index (χ1n) is 10.1. The number of fused-ring (bicyclic) bond motifs is 1. The fourth-order valence-corrected chi connectivity index (χ4v) is 3.77. The Hall–Kier alpha value is -2.75. The van der Waals surface area contributed by atoms with Crippen LogP contribution in [0.1, 0.15) is 55.5 Å². The van der Waals surface area contributed by atoms with E-state index in [0.29, 0.717) is 18.7 Å². The summed E-state index contributed by atoms with van der Waals surface area (Å²) in [5.41, 5.74) is 1.75. The van der Waals surface area contributed by atoms with E-state index in [1.807, 2.05) is 60.4 Å². The van der Waals surface area contributed by atoms with Gasteiger partial charge in [-0.2, -0.15) is 0 Å². The molecule has 0 bridgehead atoms. The number of para-hydroxylation sites is 2. The van der Waals surface area contributed by atoms with Gasteiger partial charge in [0.1, 0.15) is 11.4 Å². The Bertz CT molecular complexity index is 833. The molecule has 3 rings (SSSR count). The Morgan fingerprint density at radius 3 is 2.64 bits per heavy atom. The molecular weight excluding hydrogens is 348 g/mol. The number of hydrogen-bond acceptors (Lipinski definition) is 3. The SMILES string of the molecule is C=CCN1C(=O)c2ccccc2NC1(C)c1ccccc1OCCCCCC. The van der Waals surface area contributed by atoms with Gasteiger partial charge in [-0.3, -0.25) is 4.79 Å². The Balaban J connectivity index is 1.94. The molecule has 0 spiro atoms. The van der Waals surface area contributed by atoms with Crippen molar-refractivity contribution in [3.8, 4) is 5.75 Å². The van der Waals surface area contributed by atoms with Crippen molar-refractivity contribution in [3.63, 3.8) is 0 Å². The molecule has 4 nitrogen and oxygen atoms in total. The molecule has 4 heteroatoms. The third kappa shape index (κ3) is 3.91. The van der Waals surface area contributed by atoms with Crippen LogP contribution in [-0.4, -0.2) is 24.0 Å². The minimum Gasteiger partial charge on any atom is -0.493 e. The van der Waals surface area contributed by atoms with Crippen molar-refractivity contribution in [2.45, 2.75) is 45.2 Å². The molecule has 1 unspecified atom stereocenters. The maximum atomic E-state index is 13.2. The summed E-state index contributed by atoms with van der Waals surface area (Å²) in [4.78, 5) is 15.1. The van der Waals surface area contributed by atoms with Gasteiger partial charge in [0, 0.05) is 17.8 Å². The number of hydrogen-bond donors (Lipinski definition) is 1. The van der Waals surface area contributed by atoms with E-state index in [1.54, 1.807) is 6.08 Å². The van der Waals surface area contributed by atoms with Gasteiger partial charge in [-0.15, -0.1) is 6.58 Å². The number of amides is 1.